The van der Waals surface area contributed by atoms with Crippen molar-refractivity contribution in [2.24, 2.45) is 5.73 Å². The van der Waals surface area contributed by atoms with Crippen LogP contribution in [0.2, 0.25) is 0 Å². The van der Waals surface area contributed by atoms with Gasteiger partial charge in [-0.2, -0.15) is 0 Å². The molecule has 5 nitrogen and oxygen atoms in total. The number of rotatable bonds is 4. The lowest BCUT2D eigenvalue weighted by atomic mass is 10.1. The SMILES string of the molecule is NCCC(F)c1ccc(O)c([N+](=O)[O-])c1. The molecule has 0 saturated carbocycles. The highest BCUT2D eigenvalue weighted by molar-refractivity contribution is 5.48. The maximum Gasteiger partial charge on any atom is 0.311 e. The summed E-state index contributed by atoms with van der Waals surface area (Å²) >= 11 is 0. The third kappa shape index (κ3) is 2.63. The minimum atomic E-state index is -1.34. The van der Waals surface area contributed by atoms with E-state index in [-0.39, 0.29) is 18.5 Å². The van der Waals surface area contributed by atoms with Gasteiger partial charge in [-0.3, -0.25) is 10.1 Å². The van der Waals surface area contributed by atoms with Crippen molar-refractivity contribution < 1.29 is 14.4 Å². The van der Waals surface area contributed by atoms with Gasteiger partial charge in [-0.05, 0) is 24.6 Å². The summed E-state index contributed by atoms with van der Waals surface area (Å²) in [6.07, 6.45) is -1.24. The lowest BCUT2D eigenvalue weighted by Gasteiger charge is -2.06. The molecule has 3 N–H and O–H groups in total. The van der Waals surface area contributed by atoms with Crippen LogP contribution in [0.25, 0.3) is 0 Å². The molecule has 82 valence electrons. The fourth-order valence-corrected chi connectivity index (χ4v) is 1.19. The molecule has 0 aliphatic rings. The number of phenols is 1. The quantitative estimate of drug-likeness (QED) is 0.589. The van der Waals surface area contributed by atoms with Gasteiger partial charge in [-0.1, -0.05) is 6.07 Å². The van der Waals surface area contributed by atoms with Gasteiger partial charge in [-0.15, -0.1) is 0 Å². The second kappa shape index (κ2) is 4.70. The number of benzene rings is 1. The third-order valence-electron chi connectivity index (χ3n) is 1.98. The van der Waals surface area contributed by atoms with E-state index >= 15 is 0 Å². The minimum Gasteiger partial charge on any atom is -0.502 e. The van der Waals surface area contributed by atoms with Gasteiger partial charge in [0, 0.05) is 6.07 Å². The van der Waals surface area contributed by atoms with Gasteiger partial charge >= 0.3 is 5.69 Å². The first-order chi connectivity index (χ1) is 7.06. The Hall–Kier alpha value is -1.69. The molecule has 0 aromatic heterocycles. The highest BCUT2D eigenvalue weighted by Crippen LogP contribution is 2.30. The van der Waals surface area contributed by atoms with E-state index in [0.717, 1.165) is 12.1 Å². The number of hydrogen-bond donors (Lipinski definition) is 2. The normalized spacial score (nSPS) is 12.4. The lowest BCUT2D eigenvalue weighted by molar-refractivity contribution is -0.386. The average molecular weight is 214 g/mol. The number of nitrogens with two attached hydrogens (primary N) is 1. The van der Waals surface area contributed by atoms with Crippen molar-refractivity contribution in [3.63, 3.8) is 0 Å². The monoisotopic (exact) mass is 214 g/mol. The van der Waals surface area contributed by atoms with Crippen LogP contribution in [0.5, 0.6) is 5.75 Å². The molecule has 1 aromatic rings. The molecule has 0 fully saturated rings. The van der Waals surface area contributed by atoms with Crippen LogP contribution in [0.4, 0.5) is 10.1 Å². The number of phenolic OH excluding ortho intramolecular Hbond substituents is 1. The summed E-state index contributed by atoms with van der Waals surface area (Å²) in [5.74, 6) is -0.469. The molecule has 0 aliphatic carbocycles. The van der Waals surface area contributed by atoms with Gasteiger partial charge in [0.25, 0.3) is 0 Å². The summed E-state index contributed by atoms with van der Waals surface area (Å²) in [4.78, 5) is 9.70. The number of halogens is 1. The Morgan fingerprint density at radius 1 is 1.60 bits per heavy atom. The molecule has 1 aromatic carbocycles. The molecule has 0 bridgehead atoms. The Balaban J connectivity index is 3.02. The van der Waals surface area contributed by atoms with E-state index in [1.54, 1.807) is 0 Å². The fraction of sp³-hybridized carbons (Fsp3) is 0.333. The van der Waals surface area contributed by atoms with Crippen molar-refractivity contribution in [3.05, 3.63) is 33.9 Å². The van der Waals surface area contributed by atoms with E-state index in [2.05, 4.69) is 0 Å². The number of nitrogens with zero attached hydrogens (tertiary/aromatic N) is 1. The molecule has 6 heteroatoms. The van der Waals surface area contributed by atoms with Crippen molar-refractivity contribution in [2.75, 3.05) is 6.54 Å². The van der Waals surface area contributed by atoms with E-state index in [9.17, 15) is 14.5 Å². The zero-order chi connectivity index (χ0) is 11.4. The zero-order valence-corrected chi connectivity index (χ0v) is 7.89. The number of hydrogen-bond acceptors (Lipinski definition) is 4. The van der Waals surface area contributed by atoms with Crippen molar-refractivity contribution in [1.82, 2.24) is 0 Å². The van der Waals surface area contributed by atoms with Crippen molar-refractivity contribution in [1.29, 1.82) is 0 Å². The molecule has 1 atom stereocenters. The van der Waals surface area contributed by atoms with E-state index in [0.29, 0.717) is 0 Å². The van der Waals surface area contributed by atoms with Gasteiger partial charge in [0.05, 0.1) is 4.92 Å². The van der Waals surface area contributed by atoms with Gasteiger partial charge < -0.3 is 10.8 Å². The second-order valence-electron chi connectivity index (χ2n) is 3.05. The molecular weight excluding hydrogens is 203 g/mol. The highest BCUT2D eigenvalue weighted by atomic mass is 19.1. The van der Waals surface area contributed by atoms with Crippen LogP contribution < -0.4 is 5.73 Å². The third-order valence-corrected chi connectivity index (χ3v) is 1.98. The van der Waals surface area contributed by atoms with E-state index in [1.807, 2.05) is 0 Å². The summed E-state index contributed by atoms with van der Waals surface area (Å²) in [6, 6.07) is 3.44. The predicted molar refractivity (Wildman–Crippen MR) is 52.3 cm³/mol. The van der Waals surface area contributed by atoms with Crippen LogP contribution in [-0.2, 0) is 0 Å². The van der Waals surface area contributed by atoms with Crippen LogP contribution >= 0.6 is 0 Å². The Morgan fingerprint density at radius 2 is 2.27 bits per heavy atom. The lowest BCUT2D eigenvalue weighted by Crippen LogP contribution is -2.04. The highest BCUT2D eigenvalue weighted by Gasteiger charge is 2.17. The zero-order valence-electron chi connectivity index (χ0n) is 7.89. The maximum atomic E-state index is 13.3. The van der Waals surface area contributed by atoms with Gasteiger partial charge in [0.2, 0.25) is 0 Å². The topological polar surface area (TPSA) is 89.4 Å². The molecule has 1 unspecified atom stereocenters. The van der Waals surface area contributed by atoms with Crippen molar-refractivity contribution in [2.45, 2.75) is 12.6 Å². The van der Waals surface area contributed by atoms with E-state index in [1.165, 1.54) is 6.07 Å². The molecule has 0 aliphatic heterocycles. The van der Waals surface area contributed by atoms with Gasteiger partial charge in [-0.25, -0.2) is 4.39 Å². The van der Waals surface area contributed by atoms with Gasteiger partial charge in [0.1, 0.15) is 6.17 Å². The molecule has 0 spiro atoms. The largest absolute Gasteiger partial charge is 0.502 e. The molecule has 0 saturated heterocycles. The summed E-state index contributed by atoms with van der Waals surface area (Å²) in [6.45, 7) is 0.163. The number of alkyl halides is 1. The molecule has 0 heterocycles. The molecule has 15 heavy (non-hydrogen) atoms. The average Bonchev–Trinajstić information content (AvgIpc) is 2.18. The fourth-order valence-electron chi connectivity index (χ4n) is 1.19. The van der Waals surface area contributed by atoms with Crippen LogP contribution in [0.15, 0.2) is 18.2 Å². The first-order valence-electron chi connectivity index (χ1n) is 4.37. The van der Waals surface area contributed by atoms with Crippen LogP contribution in [0, 0.1) is 10.1 Å². The number of nitro benzene ring substituents is 1. The second-order valence-corrected chi connectivity index (χ2v) is 3.05. The van der Waals surface area contributed by atoms with Crippen LogP contribution in [-0.4, -0.2) is 16.6 Å². The Labute approximate surface area is 85.5 Å². The summed E-state index contributed by atoms with van der Waals surface area (Å²) in [5, 5.41) is 19.6. The summed E-state index contributed by atoms with van der Waals surface area (Å²) in [7, 11) is 0. The molecule has 0 amide bonds. The molecule has 0 radical (unpaired) electrons. The van der Waals surface area contributed by atoms with Crippen molar-refractivity contribution in [3.8, 4) is 5.75 Å². The predicted octanol–water partition coefficient (Wildman–Crippen LogP) is 1.66. The molecular formula is C9H11FN2O3. The van der Waals surface area contributed by atoms with E-state index in [4.69, 9.17) is 10.8 Å². The van der Waals surface area contributed by atoms with Crippen LogP contribution in [0.1, 0.15) is 18.2 Å². The Kier molecular flexibility index (Phi) is 3.56. The Morgan fingerprint density at radius 3 is 2.80 bits per heavy atom. The first-order valence-corrected chi connectivity index (χ1v) is 4.37. The van der Waals surface area contributed by atoms with E-state index < -0.39 is 22.5 Å². The standard InChI is InChI=1S/C9H11FN2O3/c10-7(3-4-11)6-1-2-9(13)8(5-6)12(14)15/h1-2,5,7,13H,3-4,11H2. The number of aromatic hydroxyl groups is 1. The van der Waals surface area contributed by atoms with Crippen molar-refractivity contribution >= 4 is 5.69 Å². The van der Waals surface area contributed by atoms with Gasteiger partial charge in [0.15, 0.2) is 5.75 Å². The number of nitro groups is 1. The maximum absolute atomic E-state index is 13.3. The summed E-state index contributed by atoms with van der Waals surface area (Å²) < 4.78 is 13.3. The summed E-state index contributed by atoms with van der Waals surface area (Å²) in [5.41, 5.74) is 4.84. The smallest absolute Gasteiger partial charge is 0.311 e. The van der Waals surface area contributed by atoms with Crippen LogP contribution in [0.3, 0.4) is 0 Å². The molecule has 1 rings (SSSR count). The Bertz CT molecular complexity index is 370. The minimum absolute atomic E-state index is 0.0991. The first kappa shape index (κ1) is 11.4.